The Hall–Kier alpha value is -2.42. The highest BCUT2D eigenvalue weighted by molar-refractivity contribution is 6.12. The number of nitrogens with one attached hydrogen (secondary N) is 1. The van der Waals surface area contributed by atoms with Crippen LogP contribution in [0, 0.1) is 0 Å². The van der Waals surface area contributed by atoms with E-state index in [1.54, 1.807) is 6.92 Å². The number of amides is 3. The number of oxime groups is 1. The summed E-state index contributed by atoms with van der Waals surface area (Å²) < 4.78 is 5.06. The van der Waals surface area contributed by atoms with Gasteiger partial charge in [0.05, 0.1) is 6.61 Å². The first-order chi connectivity index (χ1) is 12.4. The molecule has 0 radical (unpaired) electrons. The van der Waals surface area contributed by atoms with Gasteiger partial charge in [-0.05, 0) is 19.8 Å². The zero-order valence-electron chi connectivity index (χ0n) is 15.3. The highest BCUT2D eigenvalue weighted by Gasteiger charge is 2.22. The van der Waals surface area contributed by atoms with E-state index in [4.69, 9.17) is 9.57 Å². The van der Waals surface area contributed by atoms with Gasteiger partial charge >= 0.3 is 0 Å². The summed E-state index contributed by atoms with van der Waals surface area (Å²) in [6.07, 6.45) is 3.98. The van der Waals surface area contributed by atoms with Crippen molar-refractivity contribution in [2.24, 2.45) is 5.16 Å². The highest BCUT2D eigenvalue weighted by Crippen LogP contribution is 2.07. The van der Waals surface area contributed by atoms with Gasteiger partial charge in [0.15, 0.2) is 0 Å². The summed E-state index contributed by atoms with van der Waals surface area (Å²) >= 11 is 0. The third kappa shape index (κ3) is 8.61. The molecule has 0 aromatic heterocycles. The highest BCUT2D eigenvalue weighted by atomic mass is 16.7. The molecule has 9 nitrogen and oxygen atoms in total. The number of unbranched alkanes of at least 4 members (excludes halogenated alkanes) is 2. The molecule has 0 aromatic rings. The van der Waals surface area contributed by atoms with E-state index < -0.39 is 6.10 Å². The van der Waals surface area contributed by atoms with Crippen molar-refractivity contribution in [3.05, 3.63) is 12.2 Å². The number of imide groups is 1. The van der Waals surface area contributed by atoms with Gasteiger partial charge in [-0.25, -0.2) is 0 Å². The molecule has 0 aliphatic carbocycles. The number of aliphatic hydroxyl groups excluding tert-OH is 1. The molecule has 0 fully saturated rings. The van der Waals surface area contributed by atoms with Crippen molar-refractivity contribution in [2.45, 2.75) is 45.6 Å². The van der Waals surface area contributed by atoms with Gasteiger partial charge in [0.25, 0.3) is 11.8 Å². The van der Waals surface area contributed by atoms with Crippen LogP contribution in [0.15, 0.2) is 17.3 Å². The fourth-order valence-electron chi connectivity index (χ4n) is 2.21. The fourth-order valence-corrected chi connectivity index (χ4v) is 2.21. The molecule has 1 rings (SSSR count). The molecular weight excluding hydrogens is 342 g/mol. The van der Waals surface area contributed by atoms with E-state index in [1.165, 1.54) is 17.1 Å². The van der Waals surface area contributed by atoms with Crippen molar-refractivity contribution >= 4 is 23.6 Å². The van der Waals surface area contributed by atoms with Gasteiger partial charge in [0.1, 0.15) is 12.7 Å². The van der Waals surface area contributed by atoms with E-state index in [1.807, 2.05) is 6.92 Å². The van der Waals surface area contributed by atoms with Crippen LogP contribution in [0.1, 0.15) is 39.5 Å². The molecule has 0 saturated heterocycles. The predicted octanol–water partition coefficient (Wildman–Crippen LogP) is 0.335. The number of aliphatic hydroxyl groups is 1. The summed E-state index contributed by atoms with van der Waals surface area (Å²) in [4.78, 5) is 40.5. The first kappa shape index (κ1) is 21.6. The summed E-state index contributed by atoms with van der Waals surface area (Å²) in [7, 11) is 0. The number of ether oxygens (including phenoxy) is 1. The van der Waals surface area contributed by atoms with Crippen LogP contribution in [0.2, 0.25) is 0 Å². The topological polar surface area (TPSA) is 118 Å². The lowest BCUT2D eigenvalue weighted by Crippen LogP contribution is -2.34. The maximum absolute atomic E-state index is 11.7. The van der Waals surface area contributed by atoms with Crippen LogP contribution in [-0.2, 0) is 24.0 Å². The third-order valence-corrected chi connectivity index (χ3v) is 3.53. The smallest absolute Gasteiger partial charge is 0.253 e. The van der Waals surface area contributed by atoms with E-state index in [2.05, 4.69) is 10.5 Å². The second-order valence-electron chi connectivity index (χ2n) is 5.77. The normalized spacial score (nSPS) is 15.3. The Morgan fingerprint density at radius 2 is 1.96 bits per heavy atom. The SMILES string of the molecule is CCO/C(C)=N\OCC(O)CNC(=O)CCCCCN1C(=O)C=CC1=O. The molecule has 0 aromatic carbocycles. The van der Waals surface area contributed by atoms with E-state index >= 15 is 0 Å². The minimum Gasteiger partial charge on any atom is -0.479 e. The maximum atomic E-state index is 11.7. The molecule has 146 valence electrons. The summed E-state index contributed by atoms with van der Waals surface area (Å²) in [5.41, 5.74) is 0. The lowest BCUT2D eigenvalue weighted by molar-refractivity contribution is -0.137. The van der Waals surface area contributed by atoms with Crippen LogP contribution in [0.4, 0.5) is 0 Å². The van der Waals surface area contributed by atoms with Gasteiger partial charge in [-0.15, -0.1) is 0 Å². The minimum atomic E-state index is -0.864. The summed E-state index contributed by atoms with van der Waals surface area (Å²) in [6, 6.07) is 0. The Bertz CT molecular complexity index is 529. The Morgan fingerprint density at radius 1 is 1.27 bits per heavy atom. The summed E-state index contributed by atoms with van der Waals surface area (Å²) in [5, 5.41) is 16.0. The van der Waals surface area contributed by atoms with Gasteiger partial charge in [0, 0.05) is 38.6 Å². The predicted molar refractivity (Wildman–Crippen MR) is 94.0 cm³/mol. The molecule has 1 heterocycles. The number of carbonyl (C=O) groups excluding carboxylic acids is 3. The van der Waals surface area contributed by atoms with Gasteiger partial charge in [0.2, 0.25) is 11.8 Å². The van der Waals surface area contributed by atoms with E-state index in [0.29, 0.717) is 38.3 Å². The first-order valence-electron chi connectivity index (χ1n) is 8.71. The number of hydrogen-bond acceptors (Lipinski definition) is 7. The van der Waals surface area contributed by atoms with E-state index in [9.17, 15) is 19.5 Å². The van der Waals surface area contributed by atoms with Crippen molar-refractivity contribution in [3.63, 3.8) is 0 Å². The molecule has 1 unspecified atom stereocenters. The molecule has 1 aliphatic rings. The second kappa shape index (κ2) is 12.0. The molecule has 0 saturated carbocycles. The maximum Gasteiger partial charge on any atom is 0.253 e. The van der Waals surface area contributed by atoms with Gasteiger partial charge in [-0.2, -0.15) is 0 Å². The molecule has 0 bridgehead atoms. The fraction of sp³-hybridized carbons (Fsp3) is 0.647. The Labute approximate surface area is 153 Å². The zero-order valence-corrected chi connectivity index (χ0v) is 15.3. The Balaban J connectivity index is 2.03. The van der Waals surface area contributed by atoms with Crippen LogP contribution in [-0.4, -0.2) is 66.0 Å². The van der Waals surface area contributed by atoms with Crippen LogP contribution in [0.5, 0.6) is 0 Å². The first-order valence-corrected chi connectivity index (χ1v) is 8.71. The van der Waals surface area contributed by atoms with Crippen molar-refractivity contribution in [1.82, 2.24) is 10.2 Å². The van der Waals surface area contributed by atoms with E-state index in [-0.39, 0.29) is 30.9 Å². The molecular formula is C17H27N3O6. The summed E-state index contributed by atoms with van der Waals surface area (Å²) in [5.74, 6) is -0.376. The van der Waals surface area contributed by atoms with Crippen molar-refractivity contribution in [3.8, 4) is 0 Å². The molecule has 26 heavy (non-hydrogen) atoms. The van der Waals surface area contributed by atoms with Gasteiger partial charge in [-0.1, -0.05) is 11.6 Å². The Kier molecular flexibility index (Phi) is 9.99. The number of hydrogen-bond donors (Lipinski definition) is 2. The largest absolute Gasteiger partial charge is 0.479 e. The van der Waals surface area contributed by atoms with Crippen LogP contribution < -0.4 is 5.32 Å². The molecule has 3 amide bonds. The van der Waals surface area contributed by atoms with Crippen LogP contribution in [0.25, 0.3) is 0 Å². The number of rotatable bonds is 12. The molecule has 9 heteroatoms. The van der Waals surface area contributed by atoms with Gasteiger partial charge < -0.3 is 20.0 Å². The lowest BCUT2D eigenvalue weighted by atomic mass is 10.2. The molecule has 1 atom stereocenters. The molecule has 0 spiro atoms. The number of nitrogens with zero attached hydrogens (tertiary/aromatic N) is 2. The minimum absolute atomic E-state index is 0.0450. The monoisotopic (exact) mass is 369 g/mol. The molecule has 2 N–H and O–H groups in total. The van der Waals surface area contributed by atoms with Crippen molar-refractivity contribution < 1.29 is 29.1 Å². The van der Waals surface area contributed by atoms with Crippen molar-refractivity contribution in [2.75, 3.05) is 26.3 Å². The quantitative estimate of drug-likeness (QED) is 0.168. The summed E-state index contributed by atoms with van der Waals surface area (Å²) in [6.45, 7) is 4.35. The van der Waals surface area contributed by atoms with Crippen molar-refractivity contribution in [1.29, 1.82) is 0 Å². The van der Waals surface area contributed by atoms with Crippen LogP contribution >= 0.6 is 0 Å². The third-order valence-electron chi connectivity index (χ3n) is 3.53. The molecule has 1 aliphatic heterocycles. The number of carbonyl (C=O) groups is 3. The second-order valence-corrected chi connectivity index (χ2v) is 5.77. The zero-order chi connectivity index (χ0) is 19.4. The standard InChI is InChI=1S/C17H27N3O6/c1-3-25-13(2)19-26-12-14(21)11-18-15(22)7-5-4-6-10-20-16(23)8-9-17(20)24/h8-9,14,21H,3-7,10-12H2,1-2H3,(H,18,22)/b19-13-. The average molecular weight is 369 g/mol. The lowest BCUT2D eigenvalue weighted by Gasteiger charge is -2.13. The van der Waals surface area contributed by atoms with Crippen LogP contribution in [0.3, 0.4) is 0 Å². The van der Waals surface area contributed by atoms with E-state index in [0.717, 1.165) is 6.42 Å². The Morgan fingerprint density at radius 3 is 2.62 bits per heavy atom. The van der Waals surface area contributed by atoms with Gasteiger partial charge in [-0.3, -0.25) is 19.3 Å². The average Bonchev–Trinajstić information content (AvgIpc) is 2.91.